The van der Waals surface area contributed by atoms with Crippen molar-refractivity contribution < 1.29 is 9.59 Å². The molecule has 0 saturated carbocycles. The van der Waals surface area contributed by atoms with Crippen LogP contribution in [-0.4, -0.2) is 72.4 Å². The van der Waals surface area contributed by atoms with Gasteiger partial charge in [0.15, 0.2) is 5.65 Å². The molecule has 30 heavy (non-hydrogen) atoms. The van der Waals surface area contributed by atoms with E-state index in [0.717, 1.165) is 28.3 Å². The Morgan fingerprint density at radius 2 is 1.77 bits per heavy atom. The van der Waals surface area contributed by atoms with Crippen molar-refractivity contribution in [2.75, 3.05) is 26.2 Å². The fraction of sp³-hybridized carbons (Fsp3) is 0.429. The lowest BCUT2D eigenvalue weighted by molar-refractivity contribution is -0.132. The van der Waals surface area contributed by atoms with Crippen molar-refractivity contribution in [3.05, 3.63) is 53.0 Å². The van der Waals surface area contributed by atoms with E-state index in [9.17, 15) is 9.59 Å². The summed E-state index contributed by atoms with van der Waals surface area (Å²) in [6.07, 6.45) is 5.55. The van der Waals surface area contributed by atoms with Gasteiger partial charge in [-0.25, -0.2) is 14.5 Å². The Bertz CT molecular complexity index is 1090. The van der Waals surface area contributed by atoms with E-state index in [1.165, 1.54) is 18.6 Å². The number of fused-ring (bicyclic) bond motifs is 1. The lowest BCUT2D eigenvalue weighted by atomic mass is 10.1. The number of piperazine rings is 1. The molecule has 0 bridgehead atoms. The Morgan fingerprint density at radius 3 is 2.47 bits per heavy atom. The van der Waals surface area contributed by atoms with Crippen molar-refractivity contribution in [1.82, 2.24) is 34.4 Å². The molecule has 156 valence electrons. The van der Waals surface area contributed by atoms with Gasteiger partial charge in [0.25, 0.3) is 5.91 Å². The van der Waals surface area contributed by atoms with E-state index in [0.29, 0.717) is 44.7 Å². The van der Waals surface area contributed by atoms with Gasteiger partial charge in [-0.3, -0.25) is 14.6 Å². The summed E-state index contributed by atoms with van der Waals surface area (Å²) < 4.78 is 1.85. The molecule has 3 aromatic heterocycles. The lowest BCUT2D eigenvalue weighted by Crippen LogP contribution is -2.50. The molecule has 0 N–H and O–H groups in total. The monoisotopic (exact) mass is 407 g/mol. The van der Waals surface area contributed by atoms with Crippen LogP contribution in [0.2, 0.25) is 0 Å². The van der Waals surface area contributed by atoms with Gasteiger partial charge in [0.1, 0.15) is 5.69 Å². The summed E-state index contributed by atoms with van der Waals surface area (Å²) in [7, 11) is 0. The van der Waals surface area contributed by atoms with Gasteiger partial charge in [-0.05, 0) is 32.8 Å². The Labute approximate surface area is 174 Å². The predicted octanol–water partition coefficient (Wildman–Crippen LogP) is 1.36. The van der Waals surface area contributed by atoms with Crippen LogP contribution < -0.4 is 0 Å². The largest absolute Gasteiger partial charge is 0.339 e. The molecule has 1 aliphatic heterocycles. The summed E-state index contributed by atoms with van der Waals surface area (Å²) in [6, 6.07) is 1.96. The maximum absolute atomic E-state index is 12.8. The molecule has 1 aliphatic rings. The second-order valence-electron chi connectivity index (χ2n) is 7.58. The topological polar surface area (TPSA) is 96.6 Å². The van der Waals surface area contributed by atoms with E-state index in [4.69, 9.17) is 0 Å². The molecule has 4 heterocycles. The van der Waals surface area contributed by atoms with Crippen LogP contribution in [0.5, 0.6) is 0 Å². The molecular formula is C21H25N7O2. The van der Waals surface area contributed by atoms with Crippen LogP contribution in [0.4, 0.5) is 0 Å². The highest BCUT2D eigenvalue weighted by Gasteiger charge is 2.25. The predicted molar refractivity (Wildman–Crippen MR) is 110 cm³/mol. The zero-order valence-electron chi connectivity index (χ0n) is 17.5. The third kappa shape index (κ3) is 3.87. The molecule has 1 saturated heterocycles. The van der Waals surface area contributed by atoms with Gasteiger partial charge in [-0.2, -0.15) is 5.10 Å². The fourth-order valence-electron chi connectivity index (χ4n) is 3.92. The van der Waals surface area contributed by atoms with Crippen molar-refractivity contribution in [2.45, 2.75) is 33.6 Å². The minimum Gasteiger partial charge on any atom is -0.339 e. The highest BCUT2D eigenvalue weighted by molar-refractivity contribution is 5.92. The first-order chi connectivity index (χ1) is 14.4. The molecule has 9 nitrogen and oxygen atoms in total. The van der Waals surface area contributed by atoms with Gasteiger partial charge in [0, 0.05) is 62.4 Å². The third-order valence-corrected chi connectivity index (χ3v) is 5.58. The fourth-order valence-corrected chi connectivity index (χ4v) is 3.92. The zero-order valence-corrected chi connectivity index (χ0v) is 17.5. The van der Waals surface area contributed by atoms with Crippen molar-refractivity contribution >= 4 is 17.5 Å². The smallest absolute Gasteiger partial charge is 0.274 e. The molecule has 4 rings (SSSR count). The minimum absolute atomic E-state index is 0.0946. The number of aryl methyl sites for hydroxylation is 3. The molecule has 3 aromatic rings. The second kappa shape index (κ2) is 8.17. The van der Waals surface area contributed by atoms with Crippen LogP contribution in [0.25, 0.3) is 5.65 Å². The van der Waals surface area contributed by atoms with E-state index < -0.39 is 0 Å². The molecule has 2 amide bonds. The molecule has 0 aromatic carbocycles. The van der Waals surface area contributed by atoms with Crippen molar-refractivity contribution in [3.63, 3.8) is 0 Å². The number of aromatic nitrogens is 5. The standard InChI is InChI=1S/C21H25N7O2/c1-14-12-19-24-15(2)17(16(3)28(19)25-14)4-5-20(29)26-8-10-27(11-9-26)21(30)18-13-22-6-7-23-18/h6-7,12-13H,4-5,8-11H2,1-3H3. The van der Waals surface area contributed by atoms with Crippen molar-refractivity contribution in [2.24, 2.45) is 0 Å². The number of hydrogen-bond donors (Lipinski definition) is 0. The van der Waals surface area contributed by atoms with Gasteiger partial charge in [-0.1, -0.05) is 0 Å². The maximum Gasteiger partial charge on any atom is 0.274 e. The number of carbonyl (C=O) groups is 2. The Morgan fingerprint density at radius 1 is 1.03 bits per heavy atom. The van der Waals surface area contributed by atoms with E-state index >= 15 is 0 Å². The average Bonchev–Trinajstić information content (AvgIpc) is 3.14. The van der Waals surface area contributed by atoms with Crippen LogP contribution >= 0.6 is 0 Å². The van der Waals surface area contributed by atoms with Gasteiger partial charge in [-0.15, -0.1) is 0 Å². The van der Waals surface area contributed by atoms with Crippen molar-refractivity contribution in [3.8, 4) is 0 Å². The van der Waals surface area contributed by atoms with Gasteiger partial charge >= 0.3 is 0 Å². The molecular weight excluding hydrogens is 382 g/mol. The Balaban J connectivity index is 1.36. The van der Waals surface area contributed by atoms with E-state index in [2.05, 4.69) is 20.1 Å². The molecule has 0 radical (unpaired) electrons. The number of amides is 2. The van der Waals surface area contributed by atoms with E-state index in [1.807, 2.05) is 36.3 Å². The van der Waals surface area contributed by atoms with Crippen molar-refractivity contribution in [1.29, 1.82) is 0 Å². The molecule has 0 aliphatic carbocycles. The van der Waals surface area contributed by atoms with Crippen LogP contribution in [-0.2, 0) is 11.2 Å². The Hall–Kier alpha value is -3.36. The van der Waals surface area contributed by atoms with E-state index in [1.54, 1.807) is 4.90 Å². The molecule has 0 unspecified atom stereocenters. The van der Waals surface area contributed by atoms with Crippen LogP contribution in [0, 0.1) is 20.8 Å². The minimum atomic E-state index is -0.143. The summed E-state index contributed by atoms with van der Waals surface area (Å²) >= 11 is 0. The van der Waals surface area contributed by atoms with Crippen LogP contribution in [0.3, 0.4) is 0 Å². The molecule has 0 spiro atoms. The number of carbonyl (C=O) groups excluding carboxylic acids is 2. The van der Waals surface area contributed by atoms with Crippen LogP contribution in [0.1, 0.15) is 39.6 Å². The Kier molecular flexibility index (Phi) is 5.43. The number of rotatable bonds is 4. The zero-order chi connectivity index (χ0) is 21.3. The first-order valence-electron chi connectivity index (χ1n) is 10.1. The quantitative estimate of drug-likeness (QED) is 0.648. The highest BCUT2D eigenvalue weighted by Crippen LogP contribution is 2.18. The van der Waals surface area contributed by atoms with Gasteiger partial charge in [0.05, 0.1) is 11.9 Å². The first-order valence-corrected chi connectivity index (χ1v) is 10.1. The normalized spacial score (nSPS) is 14.4. The molecule has 0 atom stereocenters. The molecule has 1 fully saturated rings. The summed E-state index contributed by atoms with van der Waals surface area (Å²) in [6.45, 7) is 7.99. The van der Waals surface area contributed by atoms with Gasteiger partial charge < -0.3 is 9.80 Å². The highest BCUT2D eigenvalue weighted by atomic mass is 16.2. The average molecular weight is 407 g/mol. The second-order valence-corrected chi connectivity index (χ2v) is 7.58. The summed E-state index contributed by atoms with van der Waals surface area (Å²) in [4.78, 5) is 41.4. The number of nitrogens with zero attached hydrogens (tertiary/aromatic N) is 7. The SMILES string of the molecule is Cc1cc2nc(C)c(CCC(=O)N3CCN(C(=O)c4cnccn4)CC3)c(C)n2n1. The first kappa shape index (κ1) is 19.9. The van der Waals surface area contributed by atoms with E-state index in [-0.39, 0.29) is 11.8 Å². The maximum atomic E-state index is 12.8. The van der Waals surface area contributed by atoms with Crippen LogP contribution in [0.15, 0.2) is 24.7 Å². The van der Waals surface area contributed by atoms with Gasteiger partial charge in [0.2, 0.25) is 5.91 Å². The summed E-state index contributed by atoms with van der Waals surface area (Å²) in [5.41, 5.74) is 5.12. The summed E-state index contributed by atoms with van der Waals surface area (Å²) in [5.74, 6) is -0.0486. The molecule has 9 heteroatoms. The third-order valence-electron chi connectivity index (χ3n) is 5.58. The number of hydrogen-bond acceptors (Lipinski definition) is 6. The lowest BCUT2D eigenvalue weighted by Gasteiger charge is -2.34. The summed E-state index contributed by atoms with van der Waals surface area (Å²) in [5, 5.41) is 4.49.